The summed E-state index contributed by atoms with van der Waals surface area (Å²) < 4.78 is 0. The van der Waals surface area contributed by atoms with E-state index in [9.17, 15) is 0 Å². The zero-order chi connectivity index (χ0) is 31.7. The second-order valence-corrected chi connectivity index (χ2v) is 11.9. The van der Waals surface area contributed by atoms with Gasteiger partial charge < -0.3 is 9.80 Å². The Morgan fingerprint density at radius 3 is 2.38 bits per heavy atom. The van der Waals surface area contributed by atoms with Crippen LogP contribution in [0.2, 0.25) is 0 Å². The van der Waals surface area contributed by atoms with Crippen molar-refractivity contribution in [3.8, 4) is 0 Å². The van der Waals surface area contributed by atoms with Crippen molar-refractivity contribution in [2.75, 3.05) is 14.1 Å². The van der Waals surface area contributed by atoms with Crippen LogP contribution < -0.4 is 0 Å². The number of likely N-dealkylation sites (N-methyl/N-ethyl adjacent to an activating group) is 2. The molecule has 0 N–H and O–H groups in total. The van der Waals surface area contributed by atoms with Crippen LogP contribution in [0.5, 0.6) is 0 Å². The van der Waals surface area contributed by atoms with Gasteiger partial charge >= 0.3 is 0 Å². The molecule has 0 spiro atoms. The zero-order valence-corrected chi connectivity index (χ0v) is 27.7. The van der Waals surface area contributed by atoms with Gasteiger partial charge in [-0.15, -0.1) is 0 Å². The lowest BCUT2D eigenvalue weighted by Crippen LogP contribution is -2.18. The fraction of sp³-hybridized carbons (Fsp3) is 0.302. The molecule has 0 aliphatic heterocycles. The van der Waals surface area contributed by atoms with E-state index >= 15 is 0 Å². The average Bonchev–Trinajstić information content (AvgIpc) is 3.48. The second-order valence-electron chi connectivity index (χ2n) is 11.9. The molecule has 0 fully saturated rings. The third-order valence-electron chi connectivity index (χ3n) is 8.76. The molecule has 0 saturated carbocycles. The molecule has 0 aromatic heterocycles. The molecule has 1 atom stereocenters. The molecule has 3 aliphatic carbocycles. The highest BCUT2D eigenvalue weighted by Gasteiger charge is 2.16. The molecule has 1 unspecified atom stereocenters. The van der Waals surface area contributed by atoms with Gasteiger partial charge in [-0.3, -0.25) is 0 Å². The topological polar surface area (TPSA) is 6.48 Å². The molecule has 234 valence electrons. The van der Waals surface area contributed by atoms with Crippen molar-refractivity contribution >= 4 is 5.57 Å². The van der Waals surface area contributed by atoms with Crippen LogP contribution in [-0.2, 0) is 0 Å². The molecule has 3 aliphatic rings. The van der Waals surface area contributed by atoms with Gasteiger partial charge in [0.2, 0.25) is 0 Å². The van der Waals surface area contributed by atoms with Gasteiger partial charge in [0.15, 0.2) is 0 Å². The smallest absolute Gasteiger partial charge is 0.0449 e. The third kappa shape index (κ3) is 10.1. The van der Waals surface area contributed by atoms with Crippen LogP contribution in [0, 0.1) is 5.92 Å². The Morgan fingerprint density at radius 1 is 0.889 bits per heavy atom. The van der Waals surface area contributed by atoms with Crippen LogP contribution >= 0.6 is 0 Å². The van der Waals surface area contributed by atoms with E-state index in [-0.39, 0.29) is 0 Å². The van der Waals surface area contributed by atoms with Crippen molar-refractivity contribution in [1.29, 1.82) is 0 Å². The predicted molar refractivity (Wildman–Crippen MR) is 197 cm³/mol. The van der Waals surface area contributed by atoms with Gasteiger partial charge in [0, 0.05) is 36.9 Å². The average molecular weight is 597 g/mol. The number of benzene rings is 1. The lowest BCUT2D eigenvalue weighted by atomic mass is 9.97. The number of rotatable bonds is 15. The molecule has 1 aromatic rings. The minimum Gasteiger partial charge on any atom is -0.345 e. The van der Waals surface area contributed by atoms with E-state index in [2.05, 4.69) is 165 Å². The third-order valence-corrected chi connectivity index (χ3v) is 8.76. The monoisotopic (exact) mass is 596 g/mol. The summed E-state index contributed by atoms with van der Waals surface area (Å²) >= 11 is 0. The summed E-state index contributed by atoms with van der Waals surface area (Å²) in [6.07, 6.45) is 48.2. The van der Waals surface area contributed by atoms with Crippen LogP contribution in [0.15, 0.2) is 169 Å². The SMILES string of the molecule is C=C/C(=C\C=C\C1C=CC(N(C)C2=C(CCCCCC/C=C\C)CC=CC=C2)=CC1)N(C)C1=C(c2ccccc2)CC=CC=C1. The van der Waals surface area contributed by atoms with E-state index in [4.69, 9.17) is 0 Å². The summed E-state index contributed by atoms with van der Waals surface area (Å²) in [5.74, 6) is 0.373. The van der Waals surface area contributed by atoms with Crippen molar-refractivity contribution in [2.45, 2.75) is 64.7 Å². The van der Waals surface area contributed by atoms with E-state index in [1.54, 1.807) is 5.57 Å². The maximum atomic E-state index is 4.14. The molecule has 0 saturated heterocycles. The second kappa shape index (κ2) is 18.5. The summed E-state index contributed by atoms with van der Waals surface area (Å²) in [7, 11) is 4.35. The first-order valence-electron chi connectivity index (χ1n) is 16.8. The predicted octanol–water partition coefficient (Wildman–Crippen LogP) is 11.6. The van der Waals surface area contributed by atoms with Gasteiger partial charge in [0.25, 0.3) is 0 Å². The Hall–Kier alpha value is -4.30. The molecular weight excluding hydrogens is 544 g/mol. The maximum Gasteiger partial charge on any atom is 0.0449 e. The highest BCUT2D eigenvalue weighted by atomic mass is 15.1. The largest absolute Gasteiger partial charge is 0.345 e. The van der Waals surface area contributed by atoms with Crippen molar-refractivity contribution < 1.29 is 0 Å². The normalized spacial score (nSPS) is 18.6. The molecule has 0 radical (unpaired) electrons. The Kier molecular flexibility index (Phi) is 13.8. The Morgan fingerprint density at radius 2 is 1.64 bits per heavy atom. The number of hydrogen-bond donors (Lipinski definition) is 0. The van der Waals surface area contributed by atoms with Crippen LogP contribution in [0.3, 0.4) is 0 Å². The van der Waals surface area contributed by atoms with Gasteiger partial charge in [-0.25, -0.2) is 0 Å². The molecule has 4 rings (SSSR count). The van der Waals surface area contributed by atoms with Crippen molar-refractivity contribution in [3.05, 3.63) is 174 Å². The first-order chi connectivity index (χ1) is 22.1. The molecule has 0 amide bonds. The number of allylic oxidation sites excluding steroid dienone is 19. The Labute approximate surface area is 273 Å². The highest BCUT2D eigenvalue weighted by Crippen LogP contribution is 2.31. The van der Waals surface area contributed by atoms with Crippen molar-refractivity contribution in [1.82, 2.24) is 9.80 Å². The lowest BCUT2D eigenvalue weighted by molar-refractivity contribution is 0.527. The quantitative estimate of drug-likeness (QED) is 0.113. The summed E-state index contributed by atoms with van der Waals surface area (Å²) in [6, 6.07) is 10.7. The minimum atomic E-state index is 0.373. The number of hydrogen-bond acceptors (Lipinski definition) is 2. The van der Waals surface area contributed by atoms with Crippen LogP contribution in [0.25, 0.3) is 5.57 Å². The van der Waals surface area contributed by atoms with E-state index < -0.39 is 0 Å². The molecule has 2 nitrogen and oxygen atoms in total. The van der Waals surface area contributed by atoms with E-state index in [0.717, 1.165) is 25.0 Å². The molecular formula is C43H52N2. The summed E-state index contributed by atoms with van der Waals surface area (Å²) in [5.41, 5.74) is 9.01. The maximum absolute atomic E-state index is 4.14. The Bertz CT molecular complexity index is 1460. The van der Waals surface area contributed by atoms with Crippen molar-refractivity contribution in [3.63, 3.8) is 0 Å². The fourth-order valence-corrected chi connectivity index (χ4v) is 6.10. The van der Waals surface area contributed by atoms with Gasteiger partial charge in [-0.1, -0.05) is 123 Å². The molecule has 45 heavy (non-hydrogen) atoms. The molecule has 2 heteroatoms. The first kappa shape index (κ1) is 33.6. The van der Waals surface area contributed by atoms with Gasteiger partial charge in [0.1, 0.15) is 0 Å². The van der Waals surface area contributed by atoms with Crippen LogP contribution in [0.4, 0.5) is 0 Å². The van der Waals surface area contributed by atoms with Crippen LogP contribution in [-0.4, -0.2) is 23.9 Å². The summed E-state index contributed by atoms with van der Waals surface area (Å²) in [5, 5.41) is 0. The fourth-order valence-electron chi connectivity index (χ4n) is 6.10. The van der Waals surface area contributed by atoms with Gasteiger partial charge in [0.05, 0.1) is 0 Å². The molecule has 0 heterocycles. The van der Waals surface area contributed by atoms with E-state index in [1.807, 2.05) is 6.08 Å². The van der Waals surface area contributed by atoms with E-state index in [0.29, 0.717) is 5.92 Å². The van der Waals surface area contributed by atoms with Crippen LogP contribution in [0.1, 0.15) is 70.3 Å². The molecule has 1 aromatic carbocycles. The standard InChI is InChI=1S/C43H52N2/c1-5-7-8-9-10-11-15-26-38-27-18-13-20-30-42(38)45(4)40-34-32-36(33-35-40)23-22-28-39(6-2)44(3)43-31-21-14-19-29-41(43)37-24-16-12-17-25-37/h5-7,12-14,16-25,28,30-32,34-36H,2,8-11,15,26-27,29,33H2,1,3-4H3/b7-5-,23-22+,39-28+. The van der Waals surface area contributed by atoms with E-state index in [1.165, 1.54) is 66.8 Å². The van der Waals surface area contributed by atoms with Gasteiger partial charge in [-0.05, 0) is 105 Å². The molecule has 0 bridgehead atoms. The zero-order valence-electron chi connectivity index (χ0n) is 27.7. The summed E-state index contributed by atoms with van der Waals surface area (Å²) in [4.78, 5) is 4.64. The first-order valence-corrected chi connectivity index (χ1v) is 16.8. The summed E-state index contributed by atoms with van der Waals surface area (Å²) in [6.45, 7) is 6.24. The minimum absolute atomic E-state index is 0.373. The van der Waals surface area contributed by atoms with Crippen molar-refractivity contribution in [2.24, 2.45) is 5.92 Å². The van der Waals surface area contributed by atoms with Gasteiger partial charge in [-0.2, -0.15) is 0 Å². The lowest BCUT2D eigenvalue weighted by Gasteiger charge is -2.27. The number of nitrogens with zero attached hydrogens (tertiary/aromatic N) is 2. The number of unbranched alkanes of at least 4 members (excludes halogenated alkanes) is 4. The highest BCUT2D eigenvalue weighted by molar-refractivity contribution is 5.72. The Balaban J connectivity index is 1.39.